The third kappa shape index (κ3) is 9.96. The second-order valence-electron chi connectivity index (χ2n) is 14.6. The Hall–Kier alpha value is -6.97. The van der Waals surface area contributed by atoms with E-state index in [1.807, 2.05) is 18.2 Å². The minimum atomic E-state index is -1.02. The molecule has 6 rings (SSSR count). The van der Waals surface area contributed by atoms with E-state index in [4.69, 9.17) is 28.4 Å². The molecular weight excluding hydrogens is 801 g/mol. The summed E-state index contributed by atoms with van der Waals surface area (Å²) in [5.41, 5.74) is 7.46. The number of carboxylic acids is 1. The number of nitrogens with one attached hydrogen (secondary N) is 4. The van der Waals surface area contributed by atoms with E-state index in [1.165, 1.54) is 27.9 Å². The van der Waals surface area contributed by atoms with E-state index < -0.39 is 5.97 Å². The molecule has 16 heteroatoms. The van der Waals surface area contributed by atoms with Gasteiger partial charge in [0.25, 0.3) is 5.91 Å². The highest BCUT2D eigenvalue weighted by atomic mass is 16.5. The molecule has 4 aromatic rings. The summed E-state index contributed by atoms with van der Waals surface area (Å²) in [6.07, 6.45) is 2.55. The Kier molecular flexibility index (Phi) is 15.3. The van der Waals surface area contributed by atoms with Crippen molar-refractivity contribution in [2.45, 2.75) is 58.5 Å². The maximum absolute atomic E-state index is 12.8. The van der Waals surface area contributed by atoms with Gasteiger partial charge in [0.15, 0.2) is 23.0 Å². The van der Waals surface area contributed by atoms with Crippen molar-refractivity contribution in [2.24, 2.45) is 0 Å². The van der Waals surface area contributed by atoms with Crippen molar-refractivity contribution < 1.29 is 57.5 Å². The van der Waals surface area contributed by atoms with Gasteiger partial charge < -0.3 is 54.8 Å². The number of methoxy groups -OCH3 is 6. The molecule has 0 saturated heterocycles. The molecule has 2 atom stereocenters. The van der Waals surface area contributed by atoms with Crippen LogP contribution in [0.25, 0.3) is 22.3 Å². The number of fused-ring (bicyclic) bond motifs is 6. The fourth-order valence-corrected chi connectivity index (χ4v) is 8.05. The van der Waals surface area contributed by atoms with E-state index in [1.54, 1.807) is 65.9 Å². The van der Waals surface area contributed by atoms with Crippen LogP contribution in [0.4, 0.5) is 0 Å². The molecule has 0 fully saturated rings. The van der Waals surface area contributed by atoms with Crippen molar-refractivity contribution in [1.29, 1.82) is 0 Å². The zero-order valence-corrected chi connectivity index (χ0v) is 36.5. The highest BCUT2D eigenvalue weighted by molar-refractivity contribution is 5.96. The van der Waals surface area contributed by atoms with Gasteiger partial charge in [-0.15, -0.1) is 0 Å². The van der Waals surface area contributed by atoms with Crippen LogP contribution in [0.5, 0.6) is 34.5 Å². The minimum absolute atomic E-state index is 0.155. The Labute approximate surface area is 360 Å². The van der Waals surface area contributed by atoms with Crippen LogP contribution in [0.1, 0.15) is 88.7 Å². The van der Waals surface area contributed by atoms with Crippen LogP contribution >= 0.6 is 0 Å². The molecule has 0 aliphatic heterocycles. The van der Waals surface area contributed by atoms with Crippen molar-refractivity contribution >= 4 is 29.6 Å². The fraction of sp³-hybridized carbons (Fsp3) is 0.370. The van der Waals surface area contributed by atoms with E-state index in [9.17, 15) is 29.1 Å². The maximum atomic E-state index is 12.8. The SMILES string of the molecule is COc1cc2c(c(OC)c1OC)-c1ccc(C(=O)NCCNC(C)=O)cc1[C@@H](NC(C)=O)CC2.COc1cc2c(c(OC)c1OC)-c1ccc(C(=O)O)cc1[C@@H](NC(C)=O)CC2. The molecule has 2 aliphatic rings. The Morgan fingerprint density at radius 2 is 0.968 bits per heavy atom. The summed E-state index contributed by atoms with van der Waals surface area (Å²) in [7, 11) is 9.36. The Morgan fingerprint density at radius 3 is 1.35 bits per heavy atom. The summed E-state index contributed by atoms with van der Waals surface area (Å²) >= 11 is 0. The molecule has 0 unspecified atom stereocenters. The van der Waals surface area contributed by atoms with Gasteiger partial charge in [-0.3, -0.25) is 19.2 Å². The number of aromatic carboxylic acids is 1. The standard InChI is InChI=1S/C25H31N3O6.C21H23NO6/c1-14(29)26-10-11-27-25(31)17-6-8-18-19(12-17)20(28-15(2)30)9-7-16-13-21(32-3)23(33-4)24(34-5)22(16)18;1-11(23)22-16-8-6-12-10-17(26-2)19(27-3)20(28-4)18(12)14-7-5-13(21(24)25)9-15(14)16/h6,8,12-13,20H,7,9-11H2,1-5H3,(H,26,29)(H,27,31)(H,28,30);5,7,9-10,16H,6,8H2,1-4H3,(H,22,23)(H,24,25)/t20-;16-/m00/s1. The van der Waals surface area contributed by atoms with E-state index in [0.717, 1.165) is 44.5 Å². The van der Waals surface area contributed by atoms with Crippen LogP contribution in [0, 0.1) is 0 Å². The maximum Gasteiger partial charge on any atom is 0.335 e. The van der Waals surface area contributed by atoms with Gasteiger partial charge in [-0.25, -0.2) is 4.79 Å². The van der Waals surface area contributed by atoms with Crippen molar-refractivity contribution in [3.05, 3.63) is 81.9 Å². The zero-order chi connectivity index (χ0) is 45.2. The lowest BCUT2D eigenvalue weighted by Gasteiger charge is -2.21. The predicted octanol–water partition coefficient (Wildman–Crippen LogP) is 5.57. The topological polar surface area (TPSA) is 209 Å². The highest BCUT2D eigenvalue weighted by Crippen LogP contribution is 2.52. The highest BCUT2D eigenvalue weighted by Gasteiger charge is 2.32. The van der Waals surface area contributed by atoms with Gasteiger partial charge in [-0.1, -0.05) is 12.1 Å². The van der Waals surface area contributed by atoms with Gasteiger partial charge in [0.1, 0.15) is 0 Å². The van der Waals surface area contributed by atoms with E-state index >= 15 is 0 Å². The summed E-state index contributed by atoms with van der Waals surface area (Å²) in [5, 5.41) is 20.8. The van der Waals surface area contributed by atoms with Gasteiger partial charge in [0.2, 0.25) is 29.2 Å². The quantitative estimate of drug-likeness (QED) is 0.105. The molecular formula is C46H54N4O12. The molecule has 16 nitrogen and oxygen atoms in total. The first-order valence-corrected chi connectivity index (χ1v) is 19.9. The molecule has 5 N–H and O–H groups in total. The van der Waals surface area contributed by atoms with Crippen LogP contribution in [0.3, 0.4) is 0 Å². The average Bonchev–Trinajstić information content (AvgIpc) is 3.50. The van der Waals surface area contributed by atoms with Gasteiger partial charge >= 0.3 is 5.97 Å². The van der Waals surface area contributed by atoms with Gasteiger partial charge in [-0.2, -0.15) is 0 Å². The summed E-state index contributed by atoms with van der Waals surface area (Å²) < 4.78 is 33.5. The average molecular weight is 855 g/mol. The normalized spacial score (nSPS) is 14.5. The van der Waals surface area contributed by atoms with Crippen LogP contribution in [0.15, 0.2) is 48.5 Å². The Balaban J connectivity index is 0.000000238. The van der Waals surface area contributed by atoms with E-state index in [0.29, 0.717) is 78.8 Å². The summed E-state index contributed by atoms with van der Waals surface area (Å²) in [4.78, 5) is 59.1. The van der Waals surface area contributed by atoms with E-state index in [-0.39, 0.29) is 41.3 Å². The summed E-state index contributed by atoms with van der Waals surface area (Å²) in [6.45, 7) is 4.99. The molecule has 0 heterocycles. The summed E-state index contributed by atoms with van der Waals surface area (Å²) in [5.74, 6) is 1.34. The first-order valence-electron chi connectivity index (χ1n) is 19.9. The number of carbonyl (C=O) groups excluding carboxylic acids is 4. The number of benzene rings is 4. The molecule has 4 aromatic carbocycles. The van der Waals surface area contributed by atoms with Crippen molar-refractivity contribution in [1.82, 2.24) is 21.3 Å². The number of hydrogen-bond acceptors (Lipinski definition) is 11. The first-order chi connectivity index (χ1) is 29.7. The molecule has 0 aromatic heterocycles. The monoisotopic (exact) mass is 854 g/mol. The number of carbonyl (C=O) groups is 5. The zero-order valence-electron chi connectivity index (χ0n) is 36.5. The largest absolute Gasteiger partial charge is 0.493 e. The van der Waals surface area contributed by atoms with Gasteiger partial charge in [-0.05, 0) is 95.5 Å². The summed E-state index contributed by atoms with van der Waals surface area (Å²) in [6, 6.07) is 13.5. The minimum Gasteiger partial charge on any atom is -0.493 e. The lowest BCUT2D eigenvalue weighted by Crippen LogP contribution is -2.33. The number of ether oxygens (including phenoxy) is 6. The molecule has 0 spiro atoms. The molecule has 0 bridgehead atoms. The second-order valence-corrected chi connectivity index (χ2v) is 14.6. The Morgan fingerprint density at radius 1 is 0.548 bits per heavy atom. The lowest BCUT2D eigenvalue weighted by atomic mass is 9.92. The molecule has 2 aliphatic carbocycles. The first kappa shape index (κ1) is 46.1. The van der Waals surface area contributed by atoms with Crippen molar-refractivity contribution in [3.8, 4) is 56.8 Å². The fourth-order valence-electron chi connectivity index (χ4n) is 8.05. The molecule has 62 heavy (non-hydrogen) atoms. The van der Waals surface area contributed by atoms with Crippen LogP contribution in [-0.2, 0) is 27.2 Å². The number of aryl methyl sites for hydroxylation is 2. The van der Waals surface area contributed by atoms with Crippen LogP contribution < -0.4 is 49.7 Å². The van der Waals surface area contributed by atoms with Crippen molar-refractivity contribution in [3.63, 3.8) is 0 Å². The second kappa shape index (κ2) is 20.5. The number of carboxylic acid groups (broad SMARTS) is 1. The lowest BCUT2D eigenvalue weighted by molar-refractivity contribution is -0.120. The third-order valence-electron chi connectivity index (χ3n) is 10.7. The van der Waals surface area contributed by atoms with Gasteiger partial charge in [0, 0.05) is 50.6 Å². The number of hydrogen-bond donors (Lipinski definition) is 5. The predicted molar refractivity (Wildman–Crippen MR) is 231 cm³/mol. The number of amides is 4. The molecule has 4 amide bonds. The molecule has 330 valence electrons. The third-order valence-corrected chi connectivity index (χ3v) is 10.7. The van der Waals surface area contributed by atoms with Crippen molar-refractivity contribution in [2.75, 3.05) is 55.7 Å². The Bertz CT molecular complexity index is 2360. The smallest absolute Gasteiger partial charge is 0.335 e. The van der Waals surface area contributed by atoms with Crippen LogP contribution in [0.2, 0.25) is 0 Å². The van der Waals surface area contributed by atoms with Gasteiger partial charge in [0.05, 0.1) is 60.3 Å². The van der Waals surface area contributed by atoms with Crippen LogP contribution in [-0.4, -0.2) is 90.5 Å². The molecule has 0 radical (unpaired) electrons. The molecule has 0 saturated carbocycles. The number of rotatable bonds is 13. The van der Waals surface area contributed by atoms with E-state index in [2.05, 4.69) is 21.3 Å².